The monoisotopic (exact) mass is 289 g/mol. The van der Waals surface area contributed by atoms with Crippen molar-refractivity contribution in [1.82, 2.24) is 5.32 Å². The van der Waals surface area contributed by atoms with Gasteiger partial charge in [0.05, 0.1) is 0 Å². The summed E-state index contributed by atoms with van der Waals surface area (Å²) in [6.45, 7) is 0.161. The number of benzene rings is 1. The molecule has 0 unspecified atom stereocenters. The van der Waals surface area contributed by atoms with Crippen molar-refractivity contribution < 1.29 is 19.0 Å². The Labute approximate surface area is 122 Å². The summed E-state index contributed by atoms with van der Waals surface area (Å²) >= 11 is 0. The molecule has 0 spiro atoms. The average molecular weight is 289 g/mol. The van der Waals surface area contributed by atoms with Crippen molar-refractivity contribution in [3.63, 3.8) is 0 Å². The number of carbonyl (C=O) groups excluding carboxylic acids is 2. The molecule has 110 valence electrons. The van der Waals surface area contributed by atoms with Crippen LogP contribution in [0.1, 0.15) is 0 Å². The quantitative estimate of drug-likeness (QED) is 0.565. The van der Waals surface area contributed by atoms with E-state index in [1.54, 1.807) is 12.1 Å². The Hall–Kier alpha value is -2.22. The maximum absolute atomic E-state index is 12.6. The molecule has 0 aromatic heterocycles. The zero-order valence-electron chi connectivity index (χ0n) is 11.7. The minimum absolute atomic E-state index is 0.0699. The standard InChI is InChI=1S/C13H16BN3O4/c1-21-12(18)7-17-11-5-3-2-4-9(11)15-6-10(13(17)19)16-8-14-20/h2-5,10,15-16H,6-8H2,1H3/t10-/m0/s1. The number of hydrogen-bond acceptors (Lipinski definition) is 6. The molecule has 7 nitrogen and oxygen atoms in total. The van der Waals surface area contributed by atoms with Crippen LogP contribution in [0.15, 0.2) is 24.3 Å². The molecule has 0 bridgehead atoms. The molecule has 0 fully saturated rings. The molecule has 0 radical (unpaired) electrons. The van der Waals surface area contributed by atoms with Crippen molar-refractivity contribution in [2.75, 3.05) is 36.9 Å². The normalized spacial score (nSPS) is 17.3. The zero-order chi connectivity index (χ0) is 15.2. The Morgan fingerprint density at radius 3 is 3.00 bits per heavy atom. The molecule has 1 amide bonds. The van der Waals surface area contributed by atoms with Gasteiger partial charge in [-0.3, -0.25) is 0 Å². The number of esters is 1. The first-order valence-corrected chi connectivity index (χ1v) is 6.55. The van der Waals surface area contributed by atoms with E-state index >= 15 is 0 Å². The summed E-state index contributed by atoms with van der Waals surface area (Å²) < 4.78 is 15.1. The van der Waals surface area contributed by atoms with Gasteiger partial charge in [-0.25, -0.2) is 0 Å². The van der Waals surface area contributed by atoms with Gasteiger partial charge >= 0.3 is 122 Å². The van der Waals surface area contributed by atoms with Crippen molar-refractivity contribution >= 4 is 30.4 Å². The molecular formula is C13H16BN3O4. The van der Waals surface area contributed by atoms with E-state index in [-0.39, 0.29) is 18.9 Å². The van der Waals surface area contributed by atoms with Crippen molar-refractivity contribution in [2.45, 2.75) is 6.04 Å². The number of para-hydroxylation sites is 2. The van der Waals surface area contributed by atoms with Gasteiger partial charge in [0, 0.05) is 0 Å². The van der Waals surface area contributed by atoms with Crippen LogP contribution in [0.4, 0.5) is 11.4 Å². The Balaban J connectivity index is 2.31. The first kappa shape index (κ1) is 15.2. The van der Waals surface area contributed by atoms with Crippen molar-refractivity contribution in [2.24, 2.45) is 0 Å². The van der Waals surface area contributed by atoms with Gasteiger partial charge in [0.25, 0.3) is 0 Å². The van der Waals surface area contributed by atoms with E-state index in [0.29, 0.717) is 19.4 Å². The maximum atomic E-state index is 12.6. The predicted molar refractivity (Wildman–Crippen MR) is 77.5 cm³/mol. The van der Waals surface area contributed by atoms with Crippen LogP contribution in [-0.2, 0) is 19.0 Å². The summed E-state index contributed by atoms with van der Waals surface area (Å²) in [6.07, 6.45) is 0.0699. The second-order valence-electron chi connectivity index (χ2n) is 4.53. The summed E-state index contributed by atoms with van der Waals surface area (Å²) in [4.78, 5) is 25.5. The van der Waals surface area contributed by atoms with Crippen LogP contribution in [0, 0.1) is 0 Å². The molecule has 2 N–H and O–H groups in total. The number of ether oxygens (including phenoxy) is 1. The molecule has 1 aromatic rings. The molecule has 1 aliphatic rings. The summed E-state index contributed by atoms with van der Waals surface area (Å²) in [6, 6.07) is 6.62. The van der Waals surface area contributed by atoms with E-state index in [1.165, 1.54) is 12.0 Å². The number of nitrogens with one attached hydrogen (secondary N) is 2. The molecule has 8 heteroatoms. The molecule has 1 aromatic carbocycles. The third-order valence-electron chi connectivity index (χ3n) is 3.22. The van der Waals surface area contributed by atoms with Gasteiger partial charge in [-0.05, 0) is 0 Å². The van der Waals surface area contributed by atoms with Crippen molar-refractivity contribution in [3.8, 4) is 0 Å². The van der Waals surface area contributed by atoms with Crippen molar-refractivity contribution in [1.29, 1.82) is 0 Å². The number of hydrogen-bond donors (Lipinski definition) is 2. The van der Waals surface area contributed by atoms with Gasteiger partial charge in [-0.2, -0.15) is 0 Å². The molecule has 2 rings (SSSR count). The fourth-order valence-electron chi connectivity index (χ4n) is 2.17. The summed E-state index contributed by atoms with van der Waals surface area (Å²) in [5, 5.41) is 5.99. The van der Waals surface area contributed by atoms with E-state index in [1.807, 2.05) is 12.1 Å². The topological polar surface area (TPSA) is 87.7 Å². The number of fused-ring (bicyclic) bond motifs is 1. The van der Waals surface area contributed by atoms with E-state index in [2.05, 4.69) is 15.4 Å². The number of carbonyl (C=O) groups is 2. The molecule has 0 saturated heterocycles. The molecule has 1 heterocycles. The summed E-state index contributed by atoms with van der Waals surface area (Å²) in [5.41, 5.74) is 1.37. The van der Waals surface area contributed by atoms with Gasteiger partial charge in [0.15, 0.2) is 0 Å². The van der Waals surface area contributed by atoms with Crippen molar-refractivity contribution in [3.05, 3.63) is 24.3 Å². The minimum atomic E-state index is -0.591. The molecular weight excluding hydrogens is 273 g/mol. The van der Waals surface area contributed by atoms with E-state index < -0.39 is 12.0 Å². The first-order chi connectivity index (χ1) is 10.2. The summed E-state index contributed by atoms with van der Waals surface area (Å²) in [5.74, 6) is -0.783. The second kappa shape index (κ2) is 6.98. The Morgan fingerprint density at radius 1 is 1.52 bits per heavy atom. The molecule has 0 aliphatic carbocycles. The van der Waals surface area contributed by atoms with Gasteiger partial charge in [0.1, 0.15) is 0 Å². The van der Waals surface area contributed by atoms with Crippen LogP contribution in [0.25, 0.3) is 0 Å². The SMILES string of the molecule is COC(=O)CN1C(=O)[C@@H](NCB=O)CNc2ccccc21. The fraction of sp³-hybridized carbons (Fsp3) is 0.385. The van der Waals surface area contributed by atoms with Gasteiger partial charge in [-0.15, -0.1) is 0 Å². The number of rotatable bonds is 5. The number of anilines is 2. The third kappa shape index (κ3) is 3.46. The molecule has 21 heavy (non-hydrogen) atoms. The van der Waals surface area contributed by atoms with Crippen LogP contribution in [-0.4, -0.2) is 51.7 Å². The number of nitrogens with zero attached hydrogens (tertiary/aromatic N) is 1. The fourth-order valence-corrected chi connectivity index (χ4v) is 2.17. The van der Waals surface area contributed by atoms with Crippen LogP contribution in [0.2, 0.25) is 0 Å². The zero-order valence-corrected chi connectivity index (χ0v) is 11.7. The van der Waals surface area contributed by atoms with E-state index in [9.17, 15) is 14.3 Å². The van der Waals surface area contributed by atoms with Crippen LogP contribution in [0.3, 0.4) is 0 Å². The predicted octanol–water partition coefficient (Wildman–Crippen LogP) is -0.416. The first-order valence-electron chi connectivity index (χ1n) is 6.55. The summed E-state index contributed by atoms with van der Waals surface area (Å²) in [7, 11) is 1.97. The average Bonchev–Trinajstić information content (AvgIpc) is 2.64. The van der Waals surface area contributed by atoms with Crippen LogP contribution >= 0.6 is 0 Å². The number of amides is 1. The number of methoxy groups -OCH3 is 1. The third-order valence-corrected chi connectivity index (χ3v) is 3.22. The Morgan fingerprint density at radius 2 is 2.29 bits per heavy atom. The van der Waals surface area contributed by atoms with Crippen LogP contribution in [0.5, 0.6) is 0 Å². The molecule has 1 aliphatic heterocycles. The van der Waals surface area contributed by atoms with Gasteiger partial charge in [0.2, 0.25) is 0 Å². The van der Waals surface area contributed by atoms with E-state index in [0.717, 1.165) is 5.69 Å². The molecule has 1 atom stereocenters. The molecule has 0 saturated carbocycles. The second-order valence-corrected chi connectivity index (χ2v) is 4.53. The van der Waals surface area contributed by atoms with Gasteiger partial charge < -0.3 is 0 Å². The van der Waals surface area contributed by atoms with Crippen LogP contribution < -0.4 is 15.5 Å². The Bertz CT molecular complexity index is 552. The van der Waals surface area contributed by atoms with Gasteiger partial charge in [-0.1, -0.05) is 0 Å². The Kier molecular flexibility index (Phi) is 5.05. The van der Waals surface area contributed by atoms with E-state index in [4.69, 9.17) is 0 Å².